The Morgan fingerprint density at radius 3 is 2.76 bits per heavy atom. The van der Waals surface area contributed by atoms with Crippen LogP contribution >= 0.6 is 0 Å². The molecule has 2 aliphatic heterocycles. The van der Waals surface area contributed by atoms with Crippen LogP contribution < -0.4 is 4.90 Å². The summed E-state index contributed by atoms with van der Waals surface area (Å²) in [5.41, 5.74) is 4.37. The maximum absolute atomic E-state index is 13.3. The first-order chi connectivity index (χ1) is 17.8. The zero-order valence-corrected chi connectivity index (χ0v) is 21.9. The van der Waals surface area contributed by atoms with E-state index in [1.807, 2.05) is 36.1 Å². The molecule has 192 valence electrons. The fraction of sp³-hybridized carbons (Fsp3) is 0.433. The first-order valence-corrected chi connectivity index (χ1v) is 13.0. The smallest absolute Gasteiger partial charge is 0.290 e. The number of ether oxygens (including phenoxy) is 1. The van der Waals surface area contributed by atoms with Crippen LogP contribution in [0.25, 0.3) is 0 Å². The Labute approximate surface area is 218 Å². The van der Waals surface area contributed by atoms with Gasteiger partial charge in [-0.25, -0.2) is 4.98 Å². The van der Waals surface area contributed by atoms with E-state index in [1.165, 1.54) is 6.26 Å². The number of allylic oxidation sites excluding steroid dienone is 3. The number of carbonyl (C=O) groups excluding carboxylic acids is 1. The van der Waals surface area contributed by atoms with Crippen LogP contribution in [0, 0.1) is 11.3 Å². The molecule has 2 fully saturated rings. The zero-order chi connectivity index (χ0) is 26.2. The highest BCUT2D eigenvalue weighted by atomic mass is 16.5. The van der Waals surface area contributed by atoms with Crippen molar-refractivity contribution in [1.29, 1.82) is 5.26 Å². The number of carbonyl (C=O) groups is 1. The molecule has 37 heavy (non-hydrogen) atoms. The summed E-state index contributed by atoms with van der Waals surface area (Å²) >= 11 is 0. The Balaban J connectivity index is 1.53. The SMILES string of the molecule is C=C(/C=C\C=C/C)[C@@H]1CN(c2nc(C3CC3)c3c(c2C#N)CC(C)(C)OC3)CCN1C(=O)c1ccco1. The number of pyridine rings is 1. The quantitative estimate of drug-likeness (QED) is 0.503. The number of furan rings is 1. The molecule has 7 heteroatoms. The third-order valence-corrected chi connectivity index (χ3v) is 7.43. The van der Waals surface area contributed by atoms with E-state index >= 15 is 0 Å². The Bertz CT molecular complexity index is 1300. The molecule has 1 amide bonds. The van der Waals surface area contributed by atoms with Gasteiger partial charge < -0.3 is 19.0 Å². The molecule has 0 bridgehead atoms. The van der Waals surface area contributed by atoms with Crippen molar-refractivity contribution < 1.29 is 13.9 Å². The van der Waals surface area contributed by atoms with Gasteiger partial charge in [0.15, 0.2) is 5.76 Å². The van der Waals surface area contributed by atoms with Crippen molar-refractivity contribution in [3.63, 3.8) is 0 Å². The van der Waals surface area contributed by atoms with E-state index in [4.69, 9.17) is 14.1 Å². The minimum Gasteiger partial charge on any atom is -0.459 e. The van der Waals surface area contributed by atoms with Crippen LogP contribution in [0.3, 0.4) is 0 Å². The monoisotopic (exact) mass is 498 g/mol. The maximum atomic E-state index is 13.3. The topological polar surface area (TPSA) is 82.6 Å². The largest absolute Gasteiger partial charge is 0.459 e. The van der Waals surface area contributed by atoms with Crippen LogP contribution in [0.5, 0.6) is 0 Å². The fourth-order valence-corrected chi connectivity index (χ4v) is 5.30. The molecule has 0 radical (unpaired) electrons. The Hall–Kier alpha value is -3.63. The van der Waals surface area contributed by atoms with Gasteiger partial charge in [-0.05, 0) is 56.9 Å². The predicted molar refractivity (Wildman–Crippen MR) is 142 cm³/mol. The predicted octanol–water partition coefficient (Wildman–Crippen LogP) is 5.29. The van der Waals surface area contributed by atoms with Crippen molar-refractivity contribution in [2.24, 2.45) is 0 Å². The number of amides is 1. The lowest BCUT2D eigenvalue weighted by Gasteiger charge is -2.43. The second-order valence-electron chi connectivity index (χ2n) is 10.7. The van der Waals surface area contributed by atoms with Crippen molar-refractivity contribution >= 4 is 11.7 Å². The molecular formula is C30H34N4O3. The lowest BCUT2D eigenvalue weighted by molar-refractivity contribution is -0.0407. The number of anilines is 1. The lowest BCUT2D eigenvalue weighted by Crippen LogP contribution is -2.56. The van der Waals surface area contributed by atoms with Crippen molar-refractivity contribution in [2.75, 3.05) is 24.5 Å². The van der Waals surface area contributed by atoms with E-state index in [-0.39, 0.29) is 17.6 Å². The molecule has 3 aliphatic rings. The highest BCUT2D eigenvalue weighted by Gasteiger charge is 2.39. The van der Waals surface area contributed by atoms with Crippen molar-refractivity contribution in [2.45, 2.75) is 64.2 Å². The molecule has 1 atom stereocenters. The van der Waals surface area contributed by atoms with Crippen LogP contribution in [0.1, 0.15) is 72.5 Å². The van der Waals surface area contributed by atoms with Crippen LogP contribution in [0.4, 0.5) is 5.82 Å². The summed E-state index contributed by atoms with van der Waals surface area (Å²) in [6.45, 7) is 12.4. The fourth-order valence-electron chi connectivity index (χ4n) is 5.30. The van der Waals surface area contributed by atoms with Gasteiger partial charge >= 0.3 is 0 Å². The molecule has 7 nitrogen and oxygen atoms in total. The second kappa shape index (κ2) is 10.0. The van der Waals surface area contributed by atoms with Gasteiger partial charge in [-0.2, -0.15) is 5.26 Å². The third-order valence-electron chi connectivity index (χ3n) is 7.43. The van der Waals surface area contributed by atoms with Gasteiger partial charge in [-0.3, -0.25) is 4.79 Å². The van der Waals surface area contributed by atoms with Crippen LogP contribution in [-0.2, 0) is 17.8 Å². The number of nitrogens with zero attached hydrogens (tertiary/aromatic N) is 4. The molecule has 0 N–H and O–H groups in total. The molecule has 1 saturated heterocycles. The minimum absolute atomic E-state index is 0.160. The van der Waals surface area contributed by atoms with Gasteiger partial charge in [-0.1, -0.05) is 30.9 Å². The first kappa shape index (κ1) is 25.0. The van der Waals surface area contributed by atoms with E-state index in [0.29, 0.717) is 49.9 Å². The number of nitriles is 1. The summed E-state index contributed by atoms with van der Waals surface area (Å²) in [5, 5.41) is 10.3. The lowest BCUT2D eigenvalue weighted by atomic mass is 9.87. The van der Waals surface area contributed by atoms with Crippen molar-refractivity contribution in [1.82, 2.24) is 9.88 Å². The number of hydrogen-bond acceptors (Lipinski definition) is 6. The molecule has 2 aromatic rings. The van der Waals surface area contributed by atoms with Crippen molar-refractivity contribution in [3.05, 3.63) is 83.0 Å². The number of rotatable bonds is 6. The van der Waals surface area contributed by atoms with Crippen LogP contribution in [0.15, 0.2) is 59.3 Å². The highest BCUT2D eigenvalue weighted by Crippen LogP contribution is 2.46. The van der Waals surface area contributed by atoms with Gasteiger partial charge in [0.05, 0.1) is 35.8 Å². The molecule has 0 spiro atoms. The average molecular weight is 499 g/mol. The Morgan fingerprint density at radius 1 is 1.27 bits per heavy atom. The van der Waals surface area contributed by atoms with Gasteiger partial charge in [0.1, 0.15) is 11.9 Å². The standard InChI is InChI=1S/C30H34N4O3/c1-5-6-7-9-20(2)25-18-33(13-14-34(25)29(35)26-10-8-15-36-26)28-23(17-31)22-16-30(3,4)37-19-24(22)27(32-28)21-11-12-21/h5-10,15,21,25H,2,11-14,16,18-19H2,1,3-4H3/b6-5-,9-7-/t25-/m0/s1. The molecule has 2 aromatic heterocycles. The van der Waals surface area contributed by atoms with Gasteiger partial charge in [0.25, 0.3) is 5.91 Å². The van der Waals surface area contributed by atoms with Crippen molar-refractivity contribution in [3.8, 4) is 6.07 Å². The van der Waals surface area contributed by atoms with E-state index in [9.17, 15) is 10.1 Å². The minimum atomic E-state index is -0.333. The summed E-state index contributed by atoms with van der Waals surface area (Å²) in [4.78, 5) is 22.4. The van der Waals surface area contributed by atoms with E-state index in [1.54, 1.807) is 12.1 Å². The molecular weight excluding hydrogens is 464 g/mol. The van der Waals surface area contributed by atoms with Gasteiger partial charge in [-0.15, -0.1) is 0 Å². The molecule has 5 rings (SSSR count). The summed E-state index contributed by atoms with van der Waals surface area (Å²) in [7, 11) is 0. The second-order valence-corrected chi connectivity index (χ2v) is 10.7. The molecule has 4 heterocycles. The average Bonchev–Trinajstić information content (AvgIpc) is 3.59. The normalized spacial score (nSPS) is 21.3. The molecule has 0 unspecified atom stereocenters. The zero-order valence-electron chi connectivity index (χ0n) is 21.9. The summed E-state index contributed by atoms with van der Waals surface area (Å²) < 4.78 is 11.5. The summed E-state index contributed by atoms with van der Waals surface area (Å²) in [5.74, 6) is 1.31. The van der Waals surface area contributed by atoms with E-state index in [2.05, 4.69) is 31.4 Å². The van der Waals surface area contributed by atoms with Gasteiger partial charge in [0.2, 0.25) is 0 Å². The Kier molecular flexibility index (Phi) is 6.78. The number of fused-ring (bicyclic) bond motifs is 1. The van der Waals surface area contributed by atoms with Gasteiger partial charge in [0, 0.05) is 37.5 Å². The molecule has 1 saturated carbocycles. The highest BCUT2D eigenvalue weighted by molar-refractivity contribution is 5.92. The van der Waals surface area contributed by atoms with E-state index < -0.39 is 0 Å². The first-order valence-electron chi connectivity index (χ1n) is 13.0. The van der Waals surface area contributed by atoms with E-state index in [0.717, 1.165) is 41.1 Å². The summed E-state index contributed by atoms with van der Waals surface area (Å²) in [6.07, 6.45) is 12.2. The Morgan fingerprint density at radius 2 is 2.08 bits per heavy atom. The number of aromatic nitrogens is 1. The molecule has 0 aromatic carbocycles. The number of piperazine rings is 1. The van der Waals surface area contributed by atoms with Crippen LogP contribution in [-0.4, -0.2) is 47.1 Å². The third kappa shape index (κ3) is 4.99. The number of hydrogen-bond donors (Lipinski definition) is 0. The summed E-state index contributed by atoms with van der Waals surface area (Å²) in [6, 6.07) is 5.61. The van der Waals surface area contributed by atoms with Crippen LogP contribution in [0.2, 0.25) is 0 Å². The maximum Gasteiger partial charge on any atom is 0.290 e. The molecule has 1 aliphatic carbocycles.